The van der Waals surface area contributed by atoms with Crippen LogP contribution in [0.5, 0.6) is 0 Å². The summed E-state index contributed by atoms with van der Waals surface area (Å²) in [7, 11) is 0. The summed E-state index contributed by atoms with van der Waals surface area (Å²) in [4.78, 5) is 28.3. The van der Waals surface area contributed by atoms with Crippen LogP contribution in [0.3, 0.4) is 0 Å². The Bertz CT molecular complexity index is 1160. The Hall–Kier alpha value is -2.48. The number of piperazine rings is 1. The Morgan fingerprint density at radius 3 is 2.17 bits per heavy atom. The number of nitrogens with zero attached hydrogens (tertiary/aromatic N) is 5. The highest BCUT2D eigenvalue weighted by Gasteiger charge is 2.21. The molecule has 1 aromatic heterocycles. The molecule has 1 amide bonds. The maximum atomic E-state index is 12.6. The number of aromatic nitrogens is 2. The molecule has 3 aromatic rings. The number of hydrogen-bond acceptors (Lipinski definition) is 6. The highest BCUT2D eigenvalue weighted by molar-refractivity contribution is 7.98. The highest BCUT2D eigenvalue weighted by atomic mass is 35.5. The molecule has 0 unspecified atom stereocenters. The summed E-state index contributed by atoms with van der Waals surface area (Å²) in [6.45, 7) is 5.23. The van der Waals surface area contributed by atoms with E-state index in [1.807, 2.05) is 47.4 Å². The lowest BCUT2D eigenvalue weighted by Crippen LogP contribution is -2.46. The predicted octanol–water partition coefficient (Wildman–Crippen LogP) is 5.64. The number of halogens is 2. The van der Waals surface area contributed by atoms with Gasteiger partial charge in [0.15, 0.2) is 5.16 Å². The number of carbonyl (C=O) groups excluding carboxylic acids is 1. The molecule has 2 saturated heterocycles. The van der Waals surface area contributed by atoms with Crippen molar-refractivity contribution >= 4 is 52.4 Å². The van der Waals surface area contributed by atoms with E-state index >= 15 is 0 Å². The van der Waals surface area contributed by atoms with Crippen LogP contribution in [0.2, 0.25) is 10.2 Å². The van der Waals surface area contributed by atoms with Crippen molar-refractivity contribution in [3.8, 4) is 0 Å². The fraction of sp³-hybridized carbons (Fsp3) is 0.346. The minimum absolute atomic E-state index is 0.126. The number of carbonyl (C=O) groups is 1. The SMILES string of the molecule is O=C(c1ccc(CSc2nc(Cl)cc(N3CCN(c4ccc(Cl)cc4)CC3)n2)cc1)N1CCCC1. The van der Waals surface area contributed by atoms with Crippen molar-refractivity contribution in [2.75, 3.05) is 49.1 Å². The van der Waals surface area contributed by atoms with Crippen LogP contribution in [0.15, 0.2) is 59.8 Å². The van der Waals surface area contributed by atoms with E-state index in [9.17, 15) is 4.79 Å². The first kappa shape index (κ1) is 24.2. The average Bonchev–Trinajstić information content (AvgIpc) is 3.43. The van der Waals surface area contributed by atoms with E-state index < -0.39 is 0 Å². The zero-order valence-electron chi connectivity index (χ0n) is 19.4. The summed E-state index contributed by atoms with van der Waals surface area (Å²) in [5, 5.41) is 1.86. The maximum absolute atomic E-state index is 12.6. The van der Waals surface area contributed by atoms with Gasteiger partial charge in [0, 0.05) is 67.4 Å². The van der Waals surface area contributed by atoms with Gasteiger partial charge >= 0.3 is 0 Å². The van der Waals surface area contributed by atoms with Crippen molar-refractivity contribution in [2.45, 2.75) is 23.8 Å². The second-order valence-corrected chi connectivity index (χ2v) is 10.5. The van der Waals surface area contributed by atoms with Gasteiger partial charge in [-0.2, -0.15) is 0 Å². The molecular formula is C26H27Cl2N5OS. The fourth-order valence-corrected chi connectivity index (χ4v) is 5.61. The molecule has 5 rings (SSSR count). The molecule has 6 nitrogen and oxygen atoms in total. The zero-order valence-corrected chi connectivity index (χ0v) is 21.7. The predicted molar refractivity (Wildman–Crippen MR) is 144 cm³/mol. The van der Waals surface area contributed by atoms with Gasteiger partial charge in [-0.05, 0) is 54.8 Å². The molecule has 182 valence electrons. The third kappa shape index (κ3) is 6.02. The summed E-state index contributed by atoms with van der Waals surface area (Å²) >= 11 is 13.9. The van der Waals surface area contributed by atoms with E-state index in [0.717, 1.165) is 74.1 Å². The Morgan fingerprint density at radius 1 is 0.829 bits per heavy atom. The third-order valence-corrected chi connectivity index (χ3v) is 7.78. The quantitative estimate of drug-likeness (QED) is 0.235. The number of likely N-dealkylation sites (tertiary alicyclic amines) is 1. The maximum Gasteiger partial charge on any atom is 0.253 e. The molecule has 0 N–H and O–H groups in total. The number of rotatable bonds is 6. The van der Waals surface area contributed by atoms with Gasteiger partial charge in [-0.15, -0.1) is 0 Å². The van der Waals surface area contributed by atoms with Crippen LogP contribution in [-0.2, 0) is 5.75 Å². The van der Waals surface area contributed by atoms with Crippen molar-refractivity contribution in [1.82, 2.24) is 14.9 Å². The molecule has 2 aliphatic heterocycles. The molecule has 35 heavy (non-hydrogen) atoms. The molecule has 0 radical (unpaired) electrons. The third-order valence-electron chi connectivity index (χ3n) is 6.42. The highest BCUT2D eigenvalue weighted by Crippen LogP contribution is 2.27. The van der Waals surface area contributed by atoms with E-state index in [4.69, 9.17) is 28.2 Å². The molecule has 0 atom stereocenters. The second-order valence-electron chi connectivity index (χ2n) is 8.77. The zero-order chi connectivity index (χ0) is 24.2. The molecule has 2 fully saturated rings. The molecule has 0 spiro atoms. The van der Waals surface area contributed by atoms with E-state index in [1.54, 1.807) is 11.8 Å². The van der Waals surface area contributed by atoms with Crippen LogP contribution in [-0.4, -0.2) is 60.0 Å². The average molecular weight is 529 g/mol. The standard InChI is InChI=1S/C26H27Cl2N5OS/c27-21-7-9-22(10-8-21)31-13-15-32(16-14-31)24-17-23(28)29-26(30-24)35-18-19-3-5-20(6-4-19)25(34)33-11-1-2-12-33/h3-10,17H,1-2,11-16,18H2. The lowest BCUT2D eigenvalue weighted by molar-refractivity contribution is 0.0793. The molecule has 0 aliphatic carbocycles. The summed E-state index contributed by atoms with van der Waals surface area (Å²) in [5.74, 6) is 1.69. The molecule has 2 aliphatic rings. The van der Waals surface area contributed by atoms with Crippen LogP contribution in [0.1, 0.15) is 28.8 Å². The van der Waals surface area contributed by atoms with Gasteiger partial charge in [-0.3, -0.25) is 4.79 Å². The van der Waals surface area contributed by atoms with Gasteiger partial charge in [-0.1, -0.05) is 47.1 Å². The van der Waals surface area contributed by atoms with Crippen molar-refractivity contribution in [1.29, 1.82) is 0 Å². The molecule has 3 heterocycles. The number of hydrogen-bond donors (Lipinski definition) is 0. The monoisotopic (exact) mass is 527 g/mol. The van der Waals surface area contributed by atoms with Crippen LogP contribution in [0.25, 0.3) is 0 Å². The van der Waals surface area contributed by atoms with Gasteiger partial charge in [-0.25, -0.2) is 9.97 Å². The first-order valence-corrected chi connectivity index (χ1v) is 13.6. The van der Waals surface area contributed by atoms with E-state index in [0.29, 0.717) is 16.1 Å². The molecule has 0 saturated carbocycles. The largest absolute Gasteiger partial charge is 0.368 e. The van der Waals surface area contributed by atoms with Gasteiger partial charge in [0.05, 0.1) is 0 Å². The number of thioether (sulfide) groups is 1. The van der Waals surface area contributed by atoms with Crippen LogP contribution >= 0.6 is 35.0 Å². The van der Waals surface area contributed by atoms with Crippen molar-refractivity contribution in [2.24, 2.45) is 0 Å². The first-order chi connectivity index (χ1) is 17.0. The molecule has 0 bridgehead atoms. The van der Waals surface area contributed by atoms with Crippen LogP contribution in [0.4, 0.5) is 11.5 Å². The topological polar surface area (TPSA) is 52.6 Å². The Labute approximate surface area is 220 Å². The lowest BCUT2D eigenvalue weighted by atomic mass is 10.1. The fourth-order valence-electron chi connectivity index (χ4n) is 4.45. The van der Waals surface area contributed by atoms with Crippen molar-refractivity contribution < 1.29 is 4.79 Å². The molecular weight excluding hydrogens is 501 g/mol. The van der Waals surface area contributed by atoms with E-state index in [2.05, 4.69) is 26.9 Å². The normalized spacial score (nSPS) is 16.1. The summed E-state index contributed by atoms with van der Waals surface area (Å²) in [6, 6.07) is 17.7. The Morgan fingerprint density at radius 2 is 1.49 bits per heavy atom. The van der Waals surface area contributed by atoms with Crippen molar-refractivity contribution in [3.05, 3.63) is 75.9 Å². The Kier molecular flexibility index (Phi) is 7.66. The minimum Gasteiger partial charge on any atom is -0.368 e. The summed E-state index contributed by atoms with van der Waals surface area (Å²) in [5.41, 5.74) is 3.05. The van der Waals surface area contributed by atoms with Crippen molar-refractivity contribution in [3.63, 3.8) is 0 Å². The Balaban J connectivity index is 1.18. The lowest BCUT2D eigenvalue weighted by Gasteiger charge is -2.36. The second kappa shape index (κ2) is 11.1. The van der Waals surface area contributed by atoms with Crippen LogP contribution in [0, 0.1) is 0 Å². The van der Waals surface area contributed by atoms with Gasteiger partial charge in [0.1, 0.15) is 11.0 Å². The number of anilines is 2. The van der Waals surface area contributed by atoms with Gasteiger partial charge in [0.25, 0.3) is 5.91 Å². The van der Waals surface area contributed by atoms with Crippen LogP contribution < -0.4 is 9.80 Å². The smallest absolute Gasteiger partial charge is 0.253 e. The minimum atomic E-state index is 0.126. The van der Waals surface area contributed by atoms with Gasteiger partial charge < -0.3 is 14.7 Å². The number of amides is 1. The van der Waals surface area contributed by atoms with Gasteiger partial charge in [0.2, 0.25) is 0 Å². The number of benzene rings is 2. The summed E-state index contributed by atoms with van der Waals surface area (Å²) < 4.78 is 0. The van der Waals surface area contributed by atoms with E-state index in [1.165, 1.54) is 5.69 Å². The first-order valence-electron chi connectivity index (χ1n) is 11.9. The molecule has 2 aromatic carbocycles. The summed E-state index contributed by atoms with van der Waals surface area (Å²) in [6.07, 6.45) is 2.19. The van der Waals surface area contributed by atoms with E-state index in [-0.39, 0.29) is 5.91 Å². The molecule has 9 heteroatoms.